The lowest BCUT2D eigenvalue weighted by Crippen LogP contribution is -2.47. The molecule has 0 saturated heterocycles. The summed E-state index contributed by atoms with van der Waals surface area (Å²) in [6.45, 7) is 8.48. The van der Waals surface area contributed by atoms with Gasteiger partial charge in [0.05, 0.1) is 5.57 Å². The van der Waals surface area contributed by atoms with Crippen molar-refractivity contribution < 1.29 is 0 Å². The smallest absolute Gasteiger partial charge is 0.203 e. The molecule has 1 N–H and O–H groups in total. The Kier molecular flexibility index (Phi) is 4.12. The maximum absolute atomic E-state index is 8.78. The third kappa shape index (κ3) is 2.86. The highest BCUT2D eigenvalue weighted by molar-refractivity contribution is 5.82. The molecule has 1 rings (SSSR count). The van der Waals surface area contributed by atoms with Crippen LogP contribution in [0.2, 0.25) is 0 Å². The van der Waals surface area contributed by atoms with Gasteiger partial charge in [0, 0.05) is 24.5 Å². The van der Waals surface area contributed by atoms with Gasteiger partial charge in [0.25, 0.3) is 0 Å². The fourth-order valence-electron chi connectivity index (χ4n) is 1.71. The van der Waals surface area contributed by atoms with Gasteiger partial charge >= 0.3 is 0 Å². The molecule has 0 aromatic carbocycles. The molecule has 4 nitrogen and oxygen atoms in total. The van der Waals surface area contributed by atoms with Gasteiger partial charge in [-0.3, -0.25) is 0 Å². The van der Waals surface area contributed by atoms with Gasteiger partial charge in [0.2, 0.25) is 5.96 Å². The van der Waals surface area contributed by atoms with Gasteiger partial charge in [0.15, 0.2) is 0 Å². The van der Waals surface area contributed by atoms with E-state index in [0.29, 0.717) is 17.7 Å². The minimum atomic E-state index is 0.358. The molecule has 86 valence electrons. The minimum Gasteiger partial charge on any atom is -0.338 e. The highest BCUT2D eigenvalue weighted by Gasteiger charge is 2.17. The Morgan fingerprint density at radius 3 is 2.44 bits per heavy atom. The SMILES string of the molecule is CC(C)N(C1=NC=C(C#N)C=CN1)C(C)C. The second-order valence-electron chi connectivity index (χ2n) is 4.22. The molecule has 1 aliphatic rings. The number of hydrogen-bond donors (Lipinski definition) is 1. The Hall–Kier alpha value is -1.76. The van der Waals surface area contributed by atoms with Crippen LogP contribution in [0.4, 0.5) is 0 Å². The van der Waals surface area contributed by atoms with Crippen molar-refractivity contribution in [1.82, 2.24) is 10.2 Å². The number of aliphatic imine (C=N–C) groups is 1. The van der Waals surface area contributed by atoms with Crippen molar-refractivity contribution >= 4 is 5.96 Å². The van der Waals surface area contributed by atoms with E-state index in [2.05, 4.69) is 49.0 Å². The van der Waals surface area contributed by atoms with E-state index in [1.165, 1.54) is 0 Å². The second-order valence-corrected chi connectivity index (χ2v) is 4.22. The van der Waals surface area contributed by atoms with Crippen LogP contribution in [-0.4, -0.2) is 22.9 Å². The number of hydrogen-bond acceptors (Lipinski definition) is 4. The molecule has 0 fully saturated rings. The number of nitrogens with zero attached hydrogens (tertiary/aromatic N) is 3. The fraction of sp³-hybridized carbons (Fsp3) is 0.500. The molecule has 0 unspecified atom stereocenters. The van der Waals surface area contributed by atoms with Crippen LogP contribution in [-0.2, 0) is 0 Å². The largest absolute Gasteiger partial charge is 0.338 e. The van der Waals surface area contributed by atoms with Crippen LogP contribution in [0, 0.1) is 11.3 Å². The van der Waals surface area contributed by atoms with Crippen molar-refractivity contribution in [3.63, 3.8) is 0 Å². The first-order valence-electron chi connectivity index (χ1n) is 5.45. The number of rotatable bonds is 2. The molecule has 1 heterocycles. The topological polar surface area (TPSA) is 51.4 Å². The van der Waals surface area contributed by atoms with Crippen LogP contribution in [0.15, 0.2) is 29.0 Å². The average molecular weight is 218 g/mol. The Balaban J connectivity index is 2.96. The molecule has 1 aliphatic heterocycles. The molecule has 4 heteroatoms. The molecule has 0 aromatic heterocycles. The lowest BCUT2D eigenvalue weighted by molar-refractivity contribution is 0.285. The molecule has 0 amide bonds. The number of guanidine groups is 1. The summed E-state index contributed by atoms with van der Waals surface area (Å²) in [6, 6.07) is 2.79. The van der Waals surface area contributed by atoms with E-state index in [1.54, 1.807) is 18.5 Å². The molecular weight excluding hydrogens is 200 g/mol. The first kappa shape index (κ1) is 12.3. The summed E-state index contributed by atoms with van der Waals surface area (Å²) in [5, 5.41) is 11.9. The van der Waals surface area contributed by atoms with E-state index in [0.717, 1.165) is 5.96 Å². The van der Waals surface area contributed by atoms with Crippen molar-refractivity contribution in [3.8, 4) is 6.07 Å². The van der Waals surface area contributed by atoms with E-state index in [4.69, 9.17) is 5.26 Å². The fourth-order valence-corrected chi connectivity index (χ4v) is 1.71. The van der Waals surface area contributed by atoms with E-state index < -0.39 is 0 Å². The van der Waals surface area contributed by atoms with Crippen LogP contribution in [0.1, 0.15) is 27.7 Å². The molecule has 0 spiro atoms. The zero-order valence-electron chi connectivity index (χ0n) is 10.2. The first-order chi connectivity index (χ1) is 7.56. The summed E-state index contributed by atoms with van der Waals surface area (Å²) in [6.07, 6.45) is 5.05. The summed E-state index contributed by atoms with van der Waals surface area (Å²) in [5.41, 5.74) is 0.551. The summed E-state index contributed by atoms with van der Waals surface area (Å²) in [5.74, 6) is 0.784. The molecular formula is C12H18N4. The predicted octanol–water partition coefficient (Wildman–Crippen LogP) is 1.99. The highest BCUT2D eigenvalue weighted by Crippen LogP contribution is 2.08. The maximum Gasteiger partial charge on any atom is 0.203 e. The molecule has 0 atom stereocenters. The number of nitrogens with one attached hydrogen (secondary N) is 1. The van der Waals surface area contributed by atoms with Gasteiger partial charge in [0.1, 0.15) is 6.07 Å². The van der Waals surface area contributed by atoms with Crippen molar-refractivity contribution in [2.75, 3.05) is 0 Å². The maximum atomic E-state index is 8.78. The van der Waals surface area contributed by atoms with Crippen molar-refractivity contribution in [2.45, 2.75) is 39.8 Å². The third-order valence-electron chi connectivity index (χ3n) is 2.29. The van der Waals surface area contributed by atoms with Crippen molar-refractivity contribution in [2.24, 2.45) is 4.99 Å². The Morgan fingerprint density at radius 2 is 1.94 bits per heavy atom. The zero-order valence-corrected chi connectivity index (χ0v) is 10.2. The van der Waals surface area contributed by atoms with Crippen LogP contribution in [0.5, 0.6) is 0 Å². The van der Waals surface area contributed by atoms with Gasteiger partial charge in [-0.15, -0.1) is 0 Å². The predicted molar refractivity (Wildman–Crippen MR) is 65.5 cm³/mol. The van der Waals surface area contributed by atoms with E-state index >= 15 is 0 Å². The first-order valence-corrected chi connectivity index (χ1v) is 5.45. The summed E-state index contributed by atoms with van der Waals surface area (Å²) in [4.78, 5) is 6.47. The third-order valence-corrected chi connectivity index (χ3v) is 2.29. The number of nitriles is 1. The molecule has 0 bridgehead atoms. The lowest BCUT2D eigenvalue weighted by atomic mass is 10.2. The lowest BCUT2D eigenvalue weighted by Gasteiger charge is -2.33. The van der Waals surface area contributed by atoms with E-state index in [-0.39, 0.29) is 0 Å². The van der Waals surface area contributed by atoms with Gasteiger partial charge in [-0.1, -0.05) is 0 Å². The van der Waals surface area contributed by atoms with Crippen molar-refractivity contribution in [3.05, 3.63) is 24.0 Å². The summed E-state index contributed by atoms with van der Waals surface area (Å²) >= 11 is 0. The monoisotopic (exact) mass is 218 g/mol. The van der Waals surface area contributed by atoms with Crippen LogP contribution in [0.25, 0.3) is 0 Å². The average Bonchev–Trinajstić information content (AvgIpc) is 2.42. The standard InChI is InChI=1S/C12H18N4/c1-9(2)16(10(3)4)12-14-6-5-11(7-13)8-15-12/h5-6,8-10H,1-4H3,(H,14,15). The van der Waals surface area contributed by atoms with Crippen LogP contribution in [0.3, 0.4) is 0 Å². The Labute approximate surface area is 97.0 Å². The molecule has 0 aromatic rings. The van der Waals surface area contributed by atoms with Crippen LogP contribution < -0.4 is 5.32 Å². The van der Waals surface area contributed by atoms with Gasteiger partial charge < -0.3 is 10.2 Å². The summed E-state index contributed by atoms with van der Waals surface area (Å²) < 4.78 is 0. The Bertz CT molecular complexity index is 361. The highest BCUT2D eigenvalue weighted by atomic mass is 15.3. The van der Waals surface area contributed by atoms with Crippen molar-refractivity contribution in [1.29, 1.82) is 5.26 Å². The van der Waals surface area contributed by atoms with E-state index in [1.807, 2.05) is 0 Å². The minimum absolute atomic E-state index is 0.358. The molecule has 0 aliphatic carbocycles. The normalized spacial score (nSPS) is 15.1. The van der Waals surface area contributed by atoms with Gasteiger partial charge in [-0.05, 0) is 33.8 Å². The molecule has 16 heavy (non-hydrogen) atoms. The van der Waals surface area contributed by atoms with Gasteiger partial charge in [-0.25, -0.2) is 4.99 Å². The van der Waals surface area contributed by atoms with Gasteiger partial charge in [-0.2, -0.15) is 5.26 Å². The molecule has 0 saturated carbocycles. The zero-order chi connectivity index (χ0) is 12.1. The van der Waals surface area contributed by atoms with E-state index in [9.17, 15) is 0 Å². The summed E-state index contributed by atoms with van der Waals surface area (Å²) in [7, 11) is 0. The van der Waals surface area contributed by atoms with Crippen LogP contribution >= 0.6 is 0 Å². The molecule has 0 radical (unpaired) electrons. The second kappa shape index (κ2) is 5.36. The number of allylic oxidation sites excluding steroid dienone is 2. The Morgan fingerprint density at radius 1 is 1.31 bits per heavy atom. The quantitative estimate of drug-likeness (QED) is 0.771.